The van der Waals surface area contributed by atoms with Crippen molar-refractivity contribution in [2.45, 2.75) is 19.5 Å². The molecule has 1 aromatic heterocycles. The maximum atomic E-state index is 13.5. The normalized spacial score (nSPS) is 12.7. The molecule has 17 heavy (non-hydrogen) atoms. The minimum Gasteiger partial charge on any atom is -0.322 e. The van der Waals surface area contributed by atoms with Crippen molar-refractivity contribution in [2.75, 3.05) is 0 Å². The Bertz CT molecular complexity index is 522. The molecule has 0 aliphatic heterocycles. The van der Waals surface area contributed by atoms with Crippen molar-refractivity contribution in [1.82, 2.24) is 9.78 Å². The Labute approximate surface area is 97.9 Å². The van der Waals surface area contributed by atoms with Crippen molar-refractivity contribution < 1.29 is 8.78 Å². The number of halogens is 2. The molecule has 0 aliphatic rings. The molecule has 0 aliphatic carbocycles. The highest BCUT2D eigenvalue weighted by Crippen LogP contribution is 2.18. The van der Waals surface area contributed by atoms with Crippen molar-refractivity contribution in [3.63, 3.8) is 0 Å². The van der Waals surface area contributed by atoms with Gasteiger partial charge in [0.25, 0.3) is 0 Å². The fraction of sp³-hybridized carbons (Fsp3) is 0.250. The number of hydrogen-bond acceptors (Lipinski definition) is 2. The van der Waals surface area contributed by atoms with Crippen LogP contribution < -0.4 is 5.73 Å². The molecule has 0 radical (unpaired) electrons. The van der Waals surface area contributed by atoms with Gasteiger partial charge in [0.05, 0.1) is 18.8 Å². The van der Waals surface area contributed by atoms with Gasteiger partial charge >= 0.3 is 0 Å². The van der Waals surface area contributed by atoms with Crippen molar-refractivity contribution in [1.29, 1.82) is 0 Å². The maximum absolute atomic E-state index is 13.5. The molecule has 0 bridgehead atoms. The molecule has 5 heteroatoms. The van der Waals surface area contributed by atoms with E-state index >= 15 is 0 Å². The molecule has 2 rings (SSSR count). The van der Waals surface area contributed by atoms with Crippen molar-refractivity contribution >= 4 is 0 Å². The summed E-state index contributed by atoms with van der Waals surface area (Å²) < 4.78 is 28.1. The van der Waals surface area contributed by atoms with Crippen LogP contribution in [-0.4, -0.2) is 9.78 Å². The molecule has 1 unspecified atom stereocenters. The molecule has 2 N–H and O–H groups in total. The van der Waals surface area contributed by atoms with Crippen LogP contribution in [0.5, 0.6) is 0 Å². The number of aryl methyl sites for hydroxylation is 1. The molecule has 3 nitrogen and oxygen atoms in total. The topological polar surface area (TPSA) is 43.8 Å². The van der Waals surface area contributed by atoms with E-state index in [1.165, 1.54) is 12.1 Å². The second-order valence-corrected chi connectivity index (χ2v) is 3.99. The van der Waals surface area contributed by atoms with E-state index in [4.69, 9.17) is 5.73 Å². The monoisotopic (exact) mass is 237 g/mol. The molecule has 0 fully saturated rings. The highest BCUT2D eigenvalue weighted by atomic mass is 19.2. The summed E-state index contributed by atoms with van der Waals surface area (Å²) in [5.41, 5.74) is 7.00. The second kappa shape index (κ2) is 4.63. The highest BCUT2D eigenvalue weighted by Gasteiger charge is 2.15. The summed E-state index contributed by atoms with van der Waals surface area (Å²) in [4.78, 5) is 0. The van der Waals surface area contributed by atoms with E-state index in [-0.39, 0.29) is 5.56 Å². The molecular formula is C12H13F2N3. The van der Waals surface area contributed by atoms with Crippen molar-refractivity contribution in [3.8, 4) is 0 Å². The number of nitrogens with two attached hydrogens (primary N) is 1. The molecule has 90 valence electrons. The number of benzene rings is 1. The van der Waals surface area contributed by atoms with Crippen LogP contribution in [0.1, 0.15) is 17.2 Å². The third-order valence-corrected chi connectivity index (χ3v) is 2.53. The van der Waals surface area contributed by atoms with Crippen molar-refractivity contribution in [2.24, 2.45) is 5.73 Å². The zero-order valence-electron chi connectivity index (χ0n) is 9.40. The molecule has 0 saturated heterocycles. The largest absolute Gasteiger partial charge is 0.322 e. The third kappa shape index (κ3) is 2.50. The Kier molecular flexibility index (Phi) is 3.19. The lowest BCUT2D eigenvalue weighted by Crippen LogP contribution is -2.19. The summed E-state index contributed by atoms with van der Waals surface area (Å²) in [5, 5.41) is 4.05. The molecular weight excluding hydrogens is 224 g/mol. The van der Waals surface area contributed by atoms with Gasteiger partial charge in [-0.3, -0.25) is 4.68 Å². The van der Waals surface area contributed by atoms with Crippen LogP contribution in [-0.2, 0) is 6.54 Å². The lowest BCUT2D eigenvalue weighted by atomic mass is 10.1. The third-order valence-electron chi connectivity index (χ3n) is 2.53. The molecule has 1 atom stereocenters. The lowest BCUT2D eigenvalue weighted by Gasteiger charge is -2.13. The van der Waals surface area contributed by atoms with Crippen LogP contribution in [0.4, 0.5) is 8.78 Å². The summed E-state index contributed by atoms with van der Waals surface area (Å²) in [6, 6.07) is 3.38. The predicted octanol–water partition coefficient (Wildman–Crippen LogP) is 2.17. The summed E-state index contributed by atoms with van der Waals surface area (Å²) in [6.45, 7) is 2.21. The Morgan fingerprint density at radius 3 is 2.82 bits per heavy atom. The van der Waals surface area contributed by atoms with Gasteiger partial charge in [-0.2, -0.15) is 5.10 Å². The lowest BCUT2D eigenvalue weighted by molar-refractivity contribution is 0.464. The van der Waals surface area contributed by atoms with Gasteiger partial charge in [-0.15, -0.1) is 0 Å². The average Bonchev–Trinajstić information content (AvgIpc) is 2.68. The van der Waals surface area contributed by atoms with Crippen LogP contribution in [0.2, 0.25) is 0 Å². The summed E-state index contributed by atoms with van der Waals surface area (Å²) >= 11 is 0. The van der Waals surface area contributed by atoms with E-state index in [1.54, 1.807) is 17.1 Å². The number of aromatic nitrogens is 2. The smallest absolute Gasteiger partial charge is 0.163 e. The average molecular weight is 237 g/mol. The molecule has 0 spiro atoms. The van der Waals surface area contributed by atoms with E-state index in [0.717, 1.165) is 11.6 Å². The minimum atomic E-state index is -0.885. The van der Waals surface area contributed by atoms with Gasteiger partial charge in [-0.05, 0) is 18.6 Å². The zero-order chi connectivity index (χ0) is 12.4. The first-order chi connectivity index (χ1) is 8.08. The minimum absolute atomic E-state index is 0.165. The van der Waals surface area contributed by atoms with E-state index in [0.29, 0.717) is 6.54 Å². The summed E-state index contributed by atoms with van der Waals surface area (Å²) in [5.74, 6) is -1.77. The van der Waals surface area contributed by atoms with Gasteiger partial charge in [0.1, 0.15) is 0 Å². The fourth-order valence-corrected chi connectivity index (χ4v) is 1.67. The molecule has 1 aromatic carbocycles. The van der Waals surface area contributed by atoms with Crippen LogP contribution in [0.25, 0.3) is 0 Å². The highest BCUT2D eigenvalue weighted by molar-refractivity contribution is 5.22. The quantitative estimate of drug-likeness (QED) is 0.889. The molecule has 1 heterocycles. The van der Waals surface area contributed by atoms with Crippen LogP contribution in [0.3, 0.4) is 0 Å². The van der Waals surface area contributed by atoms with Gasteiger partial charge < -0.3 is 5.73 Å². The number of hydrogen-bond donors (Lipinski definition) is 1. The van der Waals surface area contributed by atoms with E-state index in [1.807, 2.05) is 6.92 Å². The van der Waals surface area contributed by atoms with Crippen LogP contribution in [0, 0.1) is 18.6 Å². The SMILES string of the molecule is Cc1cnn(CC(N)c2cccc(F)c2F)c1. The second-order valence-electron chi connectivity index (χ2n) is 3.99. The first kappa shape index (κ1) is 11.7. The zero-order valence-corrected chi connectivity index (χ0v) is 9.40. The van der Waals surface area contributed by atoms with Gasteiger partial charge in [-0.1, -0.05) is 12.1 Å². The Morgan fingerprint density at radius 1 is 1.41 bits per heavy atom. The fourth-order valence-electron chi connectivity index (χ4n) is 1.67. The van der Waals surface area contributed by atoms with E-state index < -0.39 is 17.7 Å². The van der Waals surface area contributed by atoms with Gasteiger partial charge in [0.15, 0.2) is 11.6 Å². The standard InChI is InChI=1S/C12H13F2N3/c1-8-5-16-17(6-8)7-11(15)9-3-2-4-10(13)12(9)14/h2-6,11H,7,15H2,1H3. The summed E-state index contributed by atoms with van der Waals surface area (Å²) in [6.07, 6.45) is 3.49. The van der Waals surface area contributed by atoms with Crippen molar-refractivity contribution in [3.05, 3.63) is 53.4 Å². The maximum Gasteiger partial charge on any atom is 0.163 e. The Morgan fingerprint density at radius 2 is 2.18 bits per heavy atom. The Balaban J connectivity index is 2.20. The number of nitrogens with zero attached hydrogens (tertiary/aromatic N) is 2. The Hall–Kier alpha value is -1.75. The molecule has 0 saturated carbocycles. The summed E-state index contributed by atoms with van der Waals surface area (Å²) in [7, 11) is 0. The van der Waals surface area contributed by atoms with Gasteiger partial charge in [0.2, 0.25) is 0 Å². The molecule has 2 aromatic rings. The number of rotatable bonds is 3. The van der Waals surface area contributed by atoms with E-state index in [9.17, 15) is 8.78 Å². The van der Waals surface area contributed by atoms with Gasteiger partial charge in [-0.25, -0.2) is 8.78 Å². The van der Waals surface area contributed by atoms with Crippen LogP contribution >= 0.6 is 0 Å². The van der Waals surface area contributed by atoms with Crippen LogP contribution in [0.15, 0.2) is 30.6 Å². The first-order valence-electron chi connectivity index (χ1n) is 5.26. The van der Waals surface area contributed by atoms with E-state index in [2.05, 4.69) is 5.10 Å². The van der Waals surface area contributed by atoms with Gasteiger partial charge in [0, 0.05) is 11.8 Å². The first-order valence-corrected chi connectivity index (χ1v) is 5.26. The molecule has 0 amide bonds. The predicted molar refractivity (Wildman–Crippen MR) is 60.3 cm³/mol.